The van der Waals surface area contributed by atoms with E-state index in [-0.39, 0.29) is 23.3 Å². The Labute approximate surface area is 94.1 Å². The number of amides is 1. The largest absolute Gasteiger partial charge is 0.507 e. The van der Waals surface area contributed by atoms with E-state index in [1.54, 1.807) is 32.0 Å². The molecule has 0 aliphatic carbocycles. The van der Waals surface area contributed by atoms with Crippen LogP contribution in [0.25, 0.3) is 0 Å². The Morgan fingerprint density at radius 3 is 2.87 bits per heavy atom. The number of hydrogen-bond donors (Lipinski definition) is 2. The maximum Gasteiger partial charge on any atom is 0.255 e. The number of carbonyl (C=O) groups is 1. The van der Waals surface area contributed by atoms with Gasteiger partial charge in [0.05, 0.1) is 5.56 Å². The van der Waals surface area contributed by atoms with Gasteiger partial charge in [0.1, 0.15) is 5.75 Å². The Morgan fingerprint density at radius 1 is 1.60 bits per heavy atom. The van der Waals surface area contributed by atoms with E-state index in [0.717, 1.165) is 0 Å². The van der Waals surface area contributed by atoms with E-state index in [2.05, 4.69) is 5.32 Å². The number of aromatic hydroxyl groups is 1. The second-order valence-corrected chi connectivity index (χ2v) is 3.81. The van der Waals surface area contributed by atoms with Crippen LogP contribution in [0.2, 0.25) is 0 Å². The van der Waals surface area contributed by atoms with Crippen molar-refractivity contribution < 1.29 is 9.90 Å². The highest BCUT2D eigenvalue weighted by Crippen LogP contribution is 2.21. The zero-order valence-corrected chi connectivity index (χ0v) is 9.51. The minimum absolute atomic E-state index is 0.0248. The average Bonchev–Trinajstić information content (AvgIpc) is 2.21. The van der Waals surface area contributed by atoms with Crippen molar-refractivity contribution in [3.8, 4) is 5.75 Å². The highest BCUT2D eigenvalue weighted by molar-refractivity contribution is 6.18. The van der Waals surface area contributed by atoms with Crippen LogP contribution in [-0.2, 0) is 0 Å². The molecule has 2 N–H and O–H groups in total. The van der Waals surface area contributed by atoms with Gasteiger partial charge in [-0.2, -0.15) is 0 Å². The second-order valence-electron chi connectivity index (χ2n) is 3.50. The molecular weight excluding hydrogens is 214 g/mol. The van der Waals surface area contributed by atoms with Crippen molar-refractivity contribution in [1.29, 1.82) is 0 Å². The summed E-state index contributed by atoms with van der Waals surface area (Å²) < 4.78 is 0. The van der Waals surface area contributed by atoms with Gasteiger partial charge in [-0.3, -0.25) is 4.79 Å². The molecule has 1 aromatic rings. The summed E-state index contributed by atoms with van der Waals surface area (Å²) in [5.74, 6) is 0.0688. The second kappa shape index (κ2) is 5.03. The number of nitrogens with one attached hydrogen (secondary N) is 1. The number of benzene rings is 1. The first kappa shape index (κ1) is 11.9. The van der Waals surface area contributed by atoms with Crippen molar-refractivity contribution in [2.24, 2.45) is 0 Å². The highest BCUT2D eigenvalue weighted by atomic mass is 35.5. The standard InChI is InChI=1S/C11H14ClNO2/c1-7-4-3-5-9(10(7)14)11(15)13-8(2)6-12/h3-5,8,14H,6H2,1-2H3,(H,13,15). The Bertz CT molecular complexity index is 366. The van der Waals surface area contributed by atoms with E-state index in [1.165, 1.54) is 0 Å². The van der Waals surface area contributed by atoms with Gasteiger partial charge in [-0.15, -0.1) is 11.6 Å². The molecule has 15 heavy (non-hydrogen) atoms. The van der Waals surface area contributed by atoms with Crippen LogP contribution in [0.4, 0.5) is 0 Å². The molecule has 0 bridgehead atoms. The summed E-state index contributed by atoms with van der Waals surface area (Å²) in [6.45, 7) is 3.55. The summed E-state index contributed by atoms with van der Waals surface area (Å²) in [7, 11) is 0. The summed E-state index contributed by atoms with van der Waals surface area (Å²) >= 11 is 5.58. The minimum Gasteiger partial charge on any atom is -0.507 e. The Hall–Kier alpha value is -1.22. The van der Waals surface area contributed by atoms with E-state index in [1.807, 2.05) is 0 Å². The third kappa shape index (κ3) is 2.86. The molecule has 0 aromatic heterocycles. The number of phenolic OH excluding ortho intramolecular Hbond substituents is 1. The smallest absolute Gasteiger partial charge is 0.255 e. The number of phenols is 1. The van der Waals surface area contributed by atoms with Crippen LogP contribution in [0.3, 0.4) is 0 Å². The van der Waals surface area contributed by atoms with Crippen LogP contribution in [-0.4, -0.2) is 22.9 Å². The van der Waals surface area contributed by atoms with Crippen molar-refractivity contribution in [2.75, 3.05) is 5.88 Å². The molecule has 0 aliphatic heterocycles. The van der Waals surface area contributed by atoms with Gasteiger partial charge in [0.2, 0.25) is 0 Å². The van der Waals surface area contributed by atoms with Crippen LogP contribution in [0.15, 0.2) is 18.2 Å². The van der Waals surface area contributed by atoms with E-state index in [9.17, 15) is 9.90 Å². The van der Waals surface area contributed by atoms with Crippen LogP contribution >= 0.6 is 11.6 Å². The molecule has 1 atom stereocenters. The van der Waals surface area contributed by atoms with Gasteiger partial charge in [0, 0.05) is 11.9 Å². The van der Waals surface area contributed by atoms with Crippen LogP contribution in [0.5, 0.6) is 5.75 Å². The SMILES string of the molecule is Cc1cccc(C(=O)NC(C)CCl)c1O. The van der Waals surface area contributed by atoms with Gasteiger partial charge in [0.15, 0.2) is 0 Å². The summed E-state index contributed by atoms with van der Waals surface area (Å²) in [5, 5.41) is 12.3. The fraction of sp³-hybridized carbons (Fsp3) is 0.364. The number of carbonyl (C=O) groups excluding carboxylic acids is 1. The molecule has 0 spiro atoms. The quantitative estimate of drug-likeness (QED) is 0.777. The zero-order chi connectivity index (χ0) is 11.4. The normalized spacial score (nSPS) is 12.2. The van der Waals surface area contributed by atoms with Crippen molar-refractivity contribution in [3.05, 3.63) is 29.3 Å². The molecule has 0 aliphatic rings. The Balaban J connectivity index is 2.87. The number of rotatable bonds is 3. The van der Waals surface area contributed by atoms with Crippen molar-refractivity contribution in [2.45, 2.75) is 19.9 Å². The van der Waals surface area contributed by atoms with E-state index >= 15 is 0 Å². The van der Waals surface area contributed by atoms with Crippen molar-refractivity contribution in [3.63, 3.8) is 0 Å². The Kier molecular flexibility index (Phi) is 3.97. The van der Waals surface area contributed by atoms with Crippen LogP contribution in [0.1, 0.15) is 22.8 Å². The molecule has 3 nitrogen and oxygen atoms in total. The zero-order valence-electron chi connectivity index (χ0n) is 8.75. The number of alkyl halides is 1. The maximum atomic E-state index is 11.7. The molecule has 0 radical (unpaired) electrons. The molecule has 0 fully saturated rings. The fourth-order valence-corrected chi connectivity index (χ4v) is 1.26. The fourth-order valence-electron chi connectivity index (χ4n) is 1.18. The van der Waals surface area contributed by atoms with Gasteiger partial charge in [-0.1, -0.05) is 12.1 Å². The average molecular weight is 228 g/mol. The van der Waals surface area contributed by atoms with Gasteiger partial charge < -0.3 is 10.4 Å². The Morgan fingerprint density at radius 2 is 2.27 bits per heavy atom. The molecule has 1 amide bonds. The molecule has 4 heteroatoms. The van der Waals surface area contributed by atoms with E-state index < -0.39 is 0 Å². The van der Waals surface area contributed by atoms with Crippen LogP contribution in [0, 0.1) is 6.92 Å². The lowest BCUT2D eigenvalue weighted by molar-refractivity contribution is 0.0940. The lowest BCUT2D eigenvalue weighted by Gasteiger charge is -2.12. The maximum absolute atomic E-state index is 11.7. The lowest BCUT2D eigenvalue weighted by atomic mass is 10.1. The van der Waals surface area contributed by atoms with Crippen LogP contribution < -0.4 is 5.32 Å². The summed E-state index contributed by atoms with van der Waals surface area (Å²) in [4.78, 5) is 11.7. The van der Waals surface area contributed by atoms with Gasteiger partial charge in [0.25, 0.3) is 5.91 Å². The van der Waals surface area contributed by atoms with E-state index in [4.69, 9.17) is 11.6 Å². The number of hydrogen-bond acceptors (Lipinski definition) is 2. The number of halogens is 1. The monoisotopic (exact) mass is 227 g/mol. The van der Waals surface area contributed by atoms with E-state index in [0.29, 0.717) is 11.4 Å². The molecule has 0 heterocycles. The van der Waals surface area contributed by atoms with Gasteiger partial charge >= 0.3 is 0 Å². The lowest BCUT2D eigenvalue weighted by Crippen LogP contribution is -2.33. The molecule has 0 saturated carbocycles. The van der Waals surface area contributed by atoms with Gasteiger partial charge in [-0.25, -0.2) is 0 Å². The summed E-state index contributed by atoms with van der Waals surface area (Å²) in [6.07, 6.45) is 0. The van der Waals surface area contributed by atoms with Crippen molar-refractivity contribution in [1.82, 2.24) is 5.32 Å². The molecule has 1 aromatic carbocycles. The van der Waals surface area contributed by atoms with Crippen molar-refractivity contribution >= 4 is 17.5 Å². The number of aryl methyl sites for hydroxylation is 1. The molecule has 82 valence electrons. The molecule has 1 rings (SSSR count). The summed E-state index contributed by atoms with van der Waals surface area (Å²) in [5.41, 5.74) is 0.966. The minimum atomic E-state index is -0.302. The third-order valence-electron chi connectivity index (χ3n) is 2.09. The predicted molar refractivity (Wildman–Crippen MR) is 60.5 cm³/mol. The van der Waals surface area contributed by atoms with Gasteiger partial charge in [-0.05, 0) is 25.5 Å². The molecular formula is C11H14ClNO2. The third-order valence-corrected chi connectivity index (χ3v) is 2.55. The first-order chi connectivity index (χ1) is 7.06. The molecule has 0 saturated heterocycles. The predicted octanol–water partition coefficient (Wildman–Crippen LogP) is 2.06. The number of para-hydroxylation sites is 1. The topological polar surface area (TPSA) is 49.3 Å². The first-order valence-corrected chi connectivity index (χ1v) is 5.25. The first-order valence-electron chi connectivity index (χ1n) is 4.71. The summed E-state index contributed by atoms with van der Waals surface area (Å²) in [6, 6.07) is 4.95. The molecule has 1 unspecified atom stereocenters. The highest BCUT2D eigenvalue weighted by Gasteiger charge is 2.13.